The van der Waals surface area contributed by atoms with Crippen LogP contribution in [-0.4, -0.2) is 55.5 Å². The van der Waals surface area contributed by atoms with E-state index in [0.29, 0.717) is 25.3 Å². The molecule has 1 saturated heterocycles. The second-order valence-electron chi connectivity index (χ2n) is 5.31. The van der Waals surface area contributed by atoms with E-state index in [9.17, 15) is 9.59 Å². The number of nitrogens with zero attached hydrogens (tertiary/aromatic N) is 1. The lowest BCUT2D eigenvalue weighted by Crippen LogP contribution is -2.53. The number of amides is 1. The Kier molecular flexibility index (Phi) is 3.90. The second kappa shape index (κ2) is 5.83. The number of ketones is 1. The van der Waals surface area contributed by atoms with E-state index in [-0.39, 0.29) is 18.9 Å². The largest absolute Gasteiger partial charge is 0.493 e. The van der Waals surface area contributed by atoms with Gasteiger partial charge in [0.05, 0.1) is 26.4 Å². The quantitative estimate of drug-likeness (QED) is 0.789. The van der Waals surface area contributed by atoms with Crippen LogP contribution in [0.15, 0.2) is 18.2 Å². The smallest absolute Gasteiger partial charge is 0.237 e. The van der Waals surface area contributed by atoms with Crippen LogP contribution in [0.25, 0.3) is 0 Å². The van der Waals surface area contributed by atoms with Gasteiger partial charge in [-0.15, -0.1) is 0 Å². The summed E-state index contributed by atoms with van der Waals surface area (Å²) >= 11 is 0. The molecular formula is C15H18N2O4. The molecule has 0 spiro atoms. The van der Waals surface area contributed by atoms with Crippen LogP contribution in [-0.2, 0) is 16.0 Å². The minimum absolute atomic E-state index is 0.0159. The first-order valence-electron chi connectivity index (χ1n) is 7.05. The number of morpholine rings is 1. The highest BCUT2D eigenvalue weighted by atomic mass is 16.5. The zero-order valence-electron chi connectivity index (χ0n) is 11.7. The highest BCUT2D eigenvalue weighted by Crippen LogP contribution is 2.26. The van der Waals surface area contributed by atoms with Gasteiger partial charge >= 0.3 is 0 Å². The van der Waals surface area contributed by atoms with E-state index in [1.807, 2.05) is 12.1 Å². The molecule has 112 valence electrons. The third kappa shape index (κ3) is 2.91. The Morgan fingerprint density at radius 3 is 3.00 bits per heavy atom. The third-order valence-corrected chi connectivity index (χ3v) is 3.93. The molecule has 1 fully saturated rings. The summed E-state index contributed by atoms with van der Waals surface area (Å²) in [6.45, 7) is 2.14. The molecule has 2 heterocycles. The Hall–Kier alpha value is -1.92. The molecule has 0 radical (unpaired) electrons. The number of benzene rings is 1. The number of fused-ring (bicyclic) bond motifs is 1. The summed E-state index contributed by atoms with van der Waals surface area (Å²) in [5.41, 5.74) is 7.07. The lowest BCUT2D eigenvalue weighted by molar-refractivity contribution is -0.128. The van der Waals surface area contributed by atoms with Gasteiger partial charge in [-0.05, 0) is 23.8 Å². The summed E-state index contributed by atoms with van der Waals surface area (Å²) in [4.78, 5) is 25.6. The zero-order chi connectivity index (χ0) is 14.8. The first-order valence-corrected chi connectivity index (χ1v) is 7.05. The molecule has 1 aromatic carbocycles. The van der Waals surface area contributed by atoms with Crippen LogP contribution in [0.3, 0.4) is 0 Å². The van der Waals surface area contributed by atoms with Gasteiger partial charge in [-0.25, -0.2) is 0 Å². The maximum Gasteiger partial charge on any atom is 0.237 e. The normalized spacial score (nSPS) is 21.6. The number of nitrogens with two attached hydrogens (primary N) is 1. The van der Waals surface area contributed by atoms with Crippen molar-refractivity contribution >= 4 is 11.7 Å². The highest BCUT2D eigenvalue weighted by molar-refractivity contribution is 5.98. The lowest BCUT2D eigenvalue weighted by Gasteiger charge is -2.32. The van der Waals surface area contributed by atoms with Crippen LogP contribution < -0.4 is 10.5 Å². The molecule has 1 atom stereocenters. The maximum absolute atomic E-state index is 12.4. The van der Waals surface area contributed by atoms with Crippen molar-refractivity contribution < 1.29 is 19.1 Å². The monoisotopic (exact) mass is 290 g/mol. The SMILES string of the molecule is NC(=O)C1COCCN1CC(=O)c1ccc2c(c1)CCO2. The molecule has 6 heteroatoms. The first kappa shape index (κ1) is 14.0. The summed E-state index contributed by atoms with van der Waals surface area (Å²) in [5.74, 6) is 0.385. The molecule has 2 N–H and O–H groups in total. The van der Waals surface area contributed by atoms with Gasteiger partial charge in [-0.3, -0.25) is 14.5 Å². The van der Waals surface area contributed by atoms with Gasteiger partial charge in [0.2, 0.25) is 5.91 Å². The summed E-state index contributed by atoms with van der Waals surface area (Å²) in [6.07, 6.45) is 0.831. The first-order chi connectivity index (χ1) is 10.1. The van der Waals surface area contributed by atoms with Gasteiger partial charge in [0.15, 0.2) is 5.78 Å². The van der Waals surface area contributed by atoms with Gasteiger partial charge < -0.3 is 15.2 Å². The van der Waals surface area contributed by atoms with Gasteiger partial charge in [-0.1, -0.05) is 0 Å². The van der Waals surface area contributed by atoms with Crippen LogP contribution in [0.2, 0.25) is 0 Å². The van der Waals surface area contributed by atoms with Gasteiger partial charge in [0, 0.05) is 18.5 Å². The molecule has 21 heavy (non-hydrogen) atoms. The predicted octanol–water partition coefficient (Wildman–Crippen LogP) is -0.00970. The predicted molar refractivity (Wildman–Crippen MR) is 75.3 cm³/mol. The summed E-state index contributed by atoms with van der Waals surface area (Å²) in [6, 6.07) is 4.96. The fourth-order valence-corrected chi connectivity index (χ4v) is 2.73. The molecule has 0 saturated carbocycles. The molecule has 3 rings (SSSR count). The Labute approximate surface area is 122 Å². The van der Waals surface area contributed by atoms with Gasteiger partial charge in [0.25, 0.3) is 0 Å². The maximum atomic E-state index is 12.4. The molecule has 0 aliphatic carbocycles. The third-order valence-electron chi connectivity index (χ3n) is 3.93. The highest BCUT2D eigenvalue weighted by Gasteiger charge is 2.29. The number of carbonyl (C=O) groups excluding carboxylic acids is 2. The number of rotatable bonds is 4. The molecule has 0 aromatic heterocycles. The van der Waals surface area contributed by atoms with Crippen molar-refractivity contribution in [2.24, 2.45) is 5.73 Å². The lowest BCUT2D eigenvalue weighted by atomic mass is 10.0. The van der Waals surface area contributed by atoms with Crippen molar-refractivity contribution in [2.45, 2.75) is 12.5 Å². The molecule has 6 nitrogen and oxygen atoms in total. The van der Waals surface area contributed by atoms with Crippen LogP contribution >= 0.6 is 0 Å². The number of hydrogen-bond donors (Lipinski definition) is 1. The molecule has 1 amide bonds. The summed E-state index contributed by atoms with van der Waals surface area (Å²) in [5, 5.41) is 0. The Morgan fingerprint density at radius 2 is 2.19 bits per heavy atom. The van der Waals surface area contributed by atoms with E-state index in [2.05, 4.69) is 0 Å². The second-order valence-corrected chi connectivity index (χ2v) is 5.31. The molecule has 1 unspecified atom stereocenters. The minimum Gasteiger partial charge on any atom is -0.493 e. The Bertz CT molecular complexity index is 573. The van der Waals surface area contributed by atoms with E-state index in [0.717, 1.165) is 17.7 Å². The van der Waals surface area contributed by atoms with Crippen molar-refractivity contribution in [3.63, 3.8) is 0 Å². The fraction of sp³-hybridized carbons (Fsp3) is 0.467. The Balaban J connectivity index is 1.72. The van der Waals surface area contributed by atoms with Crippen LogP contribution in [0, 0.1) is 0 Å². The minimum atomic E-state index is -0.527. The van der Waals surface area contributed by atoms with E-state index < -0.39 is 11.9 Å². The van der Waals surface area contributed by atoms with Crippen LogP contribution in [0.1, 0.15) is 15.9 Å². The molecule has 0 bridgehead atoms. The van der Waals surface area contributed by atoms with Crippen LogP contribution in [0.5, 0.6) is 5.75 Å². The standard InChI is InChI=1S/C15H18N2O4/c16-15(19)12-9-20-6-4-17(12)8-13(18)10-1-2-14-11(7-10)3-5-21-14/h1-2,7,12H,3-6,8-9H2,(H2,16,19). The topological polar surface area (TPSA) is 81.9 Å². The van der Waals surface area contributed by atoms with Crippen LogP contribution in [0.4, 0.5) is 0 Å². The van der Waals surface area contributed by atoms with Gasteiger partial charge in [-0.2, -0.15) is 0 Å². The van der Waals surface area contributed by atoms with Crippen molar-refractivity contribution in [1.29, 1.82) is 0 Å². The van der Waals surface area contributed by atoms with E-state index in [1.54, 1.807) is 11.0 Å². The van der Waals surface area contributed by atoms with Crippen molar-refractivity contribution in [3.8, 4) is 5.75 Å². The molecule has 2 aliphatic rings. The van der Waals surface area contributed by atoms with Crippen molar-refractivity contribution in [2.75, 3.05) is 32.9 Å². The average molecular weight is 290 g/mol. The number of ether oxygens (including phenoxy) is 2. The average Bonchev–Trinajstić information content (AvgIpc) is 2.94. The van der Waals surface area contributed by atoms with Gasteiger partial charge in [0.1, 0.15) is 11.8 Å². The Morgan fingerprint density at radius 1 is 1.33 bits per heavy atom. The van der Waals surface area contributed by atoms with E-state index in [1.165, 1.54) is 0 Å². The molecular weight excluding hydrogens is 272 g/mol. The van der Waals surface area contributed by atoms with E-state index in [4.69, 9.17) is 15.2 Å². The molecule has 1 aromatic rings. The zero-order valence-corrected chi connectivity index (χ0v) is 11.7. The fourth-order valence-electron chi connectivity index (χ4n) is 2.73. The van der Waals surface area contributed by atoms with Crippen molar-refractivity contribution in [1.82, 2.24) is 4.90 Å². The molecule has 2 aliphatic heterocycles. The number of carbonyl (C=O) groups is 2. The summed E-state index contributed by atoms with van der Waals surface area (Å²) in [7, 11) is 0. The van der Waals surface area contributed by atoms with Crippen molar-refractivity contribution in [3.05, 3.63) is 29.3 Å². The van der Waals surface area contributed by atoms with E-state index >= 15 is 0 Å². The number of Topliss-reactive ketones (excluding diaryl/α,β-unsaturated/α-hetero) is 1. The number of primary amides is 1. The number of hydrogen-bond acceptors (Lipinski definition) is 5. The summed E-state index contributed by atoms with van der Waals surface area (Å²) < 4.78 is 10.7.